The number of carboxylic acid groups (broad SMARTS) is 1. The summed E-state index contributed by atoms with van der Waals surface area (Å²) >= 11 is 5.36. The van der Waals surface area contributed by atoms with Gasteiger partial charge in [-0.1, -0.05) is 15.9 Å². The number of ether oxygens (including phenoxy) is 1. The van der Waals surface area contributed by atoms with Crippen molar-refractivity contribution in [3.05, 3.63) is 55.6 Å². The van der Waals surface area contributed by atoms with E-state index in [4.69, 9.17) is 15.1 Å². The Kier molecular flexibility index (Phi) is 4.62. The summed E-state index contributed by atoms with van der Waals surface area (Å²) in [5, 5.41) is 18.1. The lowest BCUT2D eigenvalue weighted by molar-refractivity contribution is 0.0696. The van der Waals surface area contributed by atoms with Gasteiger partial charge in [0.05, 0.1) is 14.7 Å². The summed E-state index contributed by atoms with van der Waals surface area (Å²) < 4.78 is 7.21. The molecule has 1 N–H and O–H groups in total. The first-order valence-corrected chi connectivity index (χ1v) is 7.29. The minimum atomic E-state index is -1.03. The third-order valence-electron chi connectivity index (χ3n) is 2.46. The molecule has 0 unspecified atom stereocenters. The molecule has 100 valence electrons. The number of carbonyl (C=O) groups is 1. The van der Waals surface area contributed by atoms with E-state index < -0.39 is 5.97 Å². The SMILES string of the molecule is N#Cc1ccc(Br)cc1Oc1cc(C(=O)O)ccc1I. The van der Waals surface area contributed by atoms with Gasteiger partial charge >= 0.3 is 5.97 Å². The third kappa shape index (κ3) is 3.29. The Morgan fingerprint density at radius 1 is 1.25 bits per heavy atom. The topological polar surface area (TPSA) is 70.3 Å². The molecule has 0 aliphatic heterocycles. The van der Waals surface area contributed by atoms with Crippen LogP contribution in [0, 0.1) is 14.9 Å². The number of nitrogens with zero attached hydrogens (tertiary/aromatic N) is 1. The van der Waals surface area contributed by atoms with E-state index in [2.05, 4.69) is 15.9 Å². The van der Waals surface area contributed by atoms with E-state index in [1.54, 1.807) is 24.3 Å². The van der Waals surface area contributed by atoms with Gasteiger partial charge in [-0.05, 0) is 59.0 Å². The van der Waals surface area contributed by atoms with Crippen molar-refractivity contribution in [2.24, 2.45) is 0 Å². The van der Waals surface area contributed by atoms with Crippen LogP contribution in [0.5, 0.6) is 11.5 Å². The molecule has 0 aliphatic carbocycles. The molecular weight excluding hydrogens is 437 g/mol. The Labute approximate surface area is 137 Å². The normalized spacial score (nSPS) is 9.85. The smallest absolute Gasteiger partial charge is 0.335 e. The number of benzene rings is 2. The van der Waals surface area contributed by atoms with E-state index in [9.17, 15) is 4.79 Å². The first-order valence-electron chi connectivity index (χ1n) is 5.41. The fraction of sp³-hybridized carbons (Fsp3) is 0. The van der Waals surface area contributed by atoms with Crippen molar-refractivity contribution in [1.29, 1.82) is 5.26 Å². The largest absolute Gasteiger partial charge is 0.478 e. The van der Waals surface area contributed by atoms with Gasteiger partial charge < -0.3 is 9.84 Å². The van der Waals surface area contributed by atoms with Crippen molar-refractivity contribution >= 4 is 44.5 Å². The number of rotatable bonds is 3. The highest BCUT2D eigenvalue weighted by atomic mass is 127. The van der Waals surface area contributed by atoms with Gasteiger partial charge in [0.2, 0.25) is 0 Å². The van der Waals surface area contributed by atoms with Crippen LogP contribution in [0.4, 0.5) is 0 Å². The number of carboxylic acids is 1. The van der Waals surface area contributed by atoms with Gasteiger partial charge in [-0.3, -0.25) is 0 Å². The van der Waals surface area contributed by atoms with Gasteiger partial charge in [-0.15, -0.1) is 0 Å². The zero-order valence-electron chi connectivity index (χ0n) is 9.93. The zero-order chi connectivity index (χ0) is 14.7. The second-order valence-electron chi connectivity index (χ2n) is 3.80. The van der Waals surface area contributed by atoms with Crippen LogP contribution in [0.1, 0.15) is 15.9 Å². The molecule has 0 bridgehead atoms. The fourth-order valence-corrected chi connectivity index (χ4v) is 2.29. The molecule has 0 heterocycles. The summed E-state index contributed by atoms with van der Waals surface area (Å²) in [5.74, 6) is -0.247. The Hall–Kier alpha value is -1.59. The Morgan fingerprint density at radius 2 is 2.00 bits per heavy atom. The monoisotopic (exact) mass is 443 g/mol. The van der Waals surface area contributed by atoms with Crippen LogP contribution < -0.4 is 4.74 Å². The van der Waals surface area contributed by atoms with Gasteiger partial charge in [-0.2, -0.15) is 5.26 Å². The van der Waals surface area contributed by atoms with Gasteiger partial charge in [0.1, 0.15) is 17.6 Å². The van der Waals surface area contributed by atoms with Crippen LogP contribution in [0.25, 0.3) is 0 Å². The molecule has 0 saturated carbocycles. The zero-order valence-corrected chi connectivity index (χ0v) is 13.7. The lowest BCUT2D eigenvalue weighted by Gasteiger charge is -2.10. The number of hydrogen-bond acceptors (Lipinski definition) is 3. The molecule has 0 spiro atoms. The van der Waals surface area contributed by atoms with Crippen molar-refractivity contribution in [2.75, 3.05) is 0 Å². The summed E-state index contributed by atoms with van der Waals surface area (Å²) in [6.07, 6.45) is 0. The number of halogens is 2. The second-order valence-corrected chi connectivity index (χ2v) is 5.88. The molecule has 20 heavy (non-hydrogen) atoms. The van der Waals surface area contributed by atoms with Crippen molar-refractivity contribution in [3.8, 4) is 17.6 Å². The van der Waals surface area contributed by atoms with Gasteiger partial charge in [0.25, 0.3) is 0 Å². The Bertz CT molecular complexity index is 725. The van der Waals surface area contributed by atoms with Crippen molar-refractivity contribution in [1.82, 2.24) is 0 Å². The first-order chi connectivity index (χ1) is 9.51. The van der Waals surface area contributed by atoms with Crippen LogP contribution in [-0.4, -0.2) is 11.1 Å². The third-order valence-corrected chi connectivity index (χ3v) is 3.85. The molecule has 0 radical (unpaired) electrons. The first kappa shape index (κ1) is 14.8. The molecule has 0 amide bonds. The second kappa shape index (κ2) is 6.24. The minimum Gasteiger partial charge on any atom is -0.478 e. The minimum absolute atomic E-state index is 0.133. The quantitative estimate of drug-likeness (QED) is 0.713. The molecular formula is C14H7BrINO3. The highest BCUT2D eigenvalue weighted by molar-refractivity contribution is 14.1. The van der Waals surface area contributed by atoms with Gasteiger partial charge in [-0.25, -0.2) is 4.79 Å². The lowest BCUT2D eigenvalue weighted by atomic mass is 10.2. The summed E-state index contributed by atoms with van der Waals surface area (Å²) in [6, 6.07) is 11.7. The molecule has 6 heteroatoms. The average molecular weight is 444 g/mol. The summed E-state index contributed by atoms with van der Waals surface area (Å²) in [7, 11) is 0. The van der Waals surface area contributed by atoms with Crippen molar-refractivity contribution in [2.45, 2.75) is 0 Å². The van der Waals surface area contributed by atoms with E-state index in [0.29, 0.717) is 17.1 Å². The summed E-state index contributed by atoms with van der Waals surface area (Å²) in [6.45, 7) is 0. The predicted octanol–water partition coefficient (Wildman–Crippen LogP) is 4.42. The molecule has 2 aromatic rings. The van der Waals surface area contributed by atoms with Crippen molar-refractivity contribution in [3.63, 3.8) is 0 Å². The van der Waals surface area contributed by atoms with E-state index in [1.165, 1.54) is 12.1 Å². The van der Waals surface area contributed by atoms with Crippen LogP contribution in [-0.2, 0) is 0 Å². The highest BCUT2D eigenvalue weighted by Crippen LogP contribution is 2.31. The number of hydrogen-bond donors (Lipinski definition) is 1. The molecule has 0 fully saturated rings. The maximum Gasteiger partial charge on any atom is 0.335 e. The van der Waals surface area contributed by atoms with Crippen LogP contribution in [0.2, 0.25) is 0 Å². The molecule has 0 aliphatic rings. The molecule has 4 nitrogen and oxygen atoms in total. The van der Waals surface area contributed by atoms with E-state index >= 15 is 0 Å². The standard InChI is InChI=1S/C14H7BrINO3/c15-10-3-1-9(7-17)12(6-10)20-13-5-8(14(18)19)2-4-11(13)16/h1-6H,(H,18,19). The van der Waals surface area contributed by atoms with Crippen molar-refractivity contribution < 1.29 is 14.6 Å². The molecule has 0 atom stereocenters. The van der Waals surface area contributed by atoms with Crippen LogP contribution in [0.3, 0.4) is 0 Å². The highest BCUT2D eigenvalue weighted by Gasteiger charge is 2.11. The molecule has 0 aromatic heterocycles. The van der Waals surface area contributed by atoms with E-state index in [1.807, 2.05) is 28.7 Å². The predicted molar refractivity (Wildman–Crippen MR) is 85.0 cm³/mol. The number of aromatic carboxylic acids is 1. The summed E-state index contributed by atoms with van der Waals surface area (Å²) in [4.78, 5) is 11.0. The summed E-state index contributed by atoms with van der Waals surface area (Å²) in [5.41, 5.74) is 0.513. The van der Waals surface area contributed by atoms with Gasteiger partial charge in [0, 0.05) is 4.47 Å². The molecule has 2 rings (SSSR count). The lowest BCUT2D eigenvalue weighted by Crippen LogP contribution is -1.98. The molecule has 0 saturated heterocycles. The van der Waals surface area contributed by atoms with Crippen LogP contribution in [0.15, 0.2) is 40.9 Å². The number of nitriles is 1. The molecule has 2 aromatic carbocycles. The van der Waals surface area contributed by atoms with Crippen LogP contribution >= 0.6 is 38.5 Å². The maximum absolute atomic E-state index is 11.0. The Morgan fingerprint density at radius 3 is 2.65 bits per heavy atom. The van der Waals surface area contributed by atoms with E-state index in [-0.39, 0.29) is 5.56 Å². The Balaban J connectivity index is 2.44. The van der Waals surface area contributed by atoms with Gasteiger partial charge in [0.15, 0.2) is 0 Å². The van der Waals surface area contributed by atoms with E-state index in [0.717, 1.165) is 8.04 Å². The average Bonchev–Trinajstić information content (AvgIpc) is 2.41. The fourth-order valence-electron chi connectivity index (χ4n) is 1.51. The maximum atomic E-state index is 11.0.